The lowest BCUT2D eigenvalue weighted by Crippen LogP contribution is -1.99. The highest BCUT2D eigenvalue weighted by Crippen LogP contribution is 2.19. The van der Waals surface area contributed by atoms with Gasteiger partial charge in [0.05, 0.1) is 5.56 Å². The maximum Gasteiger partial charge on any atom is 0.183 e. The van der Waals surface area contributed by atoms with E-state index in [9.17, 15) is 4.39 Å². The molecule has 6 heteroatoms. The van der Waals surface area contributed by atoms with Crippen molar-refractivity contribution in [2.24, 2.45) is 0 Å². The molecule has 0 amide bonds. The van der Waals surface area contributed by atoms with Crippen LogP contribution < -0.4 is 5.32 Å². The Labute approximate surface area is 102 Å². The third kappa shape index (κ3) is 2.23. The normalized spacial score (nSPS) is 9.28. The van der Waals surface area contributed by atoms with E-state index in [1.54, 1.807) is 6.07 Å². The Morgan fingerprint density at radius 2 is 1.89 bits per heavy atom. The highest BCUT2D eigenvalue weighted by molar-refractivity contribution is 5.62. The Balaban J connectivity index is 2.36. The molecule has 0 saturated carbocycles. The van der Waals surface area contributed by atoms with Crippen LogP contribution in [-0.2, 0) is 0 Å². The molecule has 0 aliphatic heterocycles. The predicted molar refractivity (Wildman–Crippen MR) is 61.1 cm³/mol. The number of aromatic nitrogens is 2. The van der Waals surface area contributed by atoms with Gasteiger partial charge in [-0.1, -0.05) is 0 Å². The zero-order valence-corrected chi connectivity index (χ0v) is 9.05. The largest absolute Gasteiger partial charge is 0.338 e. The first-order valence-electron chi connectivity index (χ1n) is 4.92. The lowest BCUT2D eigenvalue weighted by Gasteiger charge is -2.06. The molecule has 1 aromatic carbocycles. The van der Waals surface area contributed by atoms with Crippen molar-refractivity contribution in [3.8, 4) is 12.1 Å². The zero-order chi connectivity index (χ0) is 13.0. The summed E-state index contributed by atoms with van der Waals surface area (Å²) in [5.74, 6) is -0.335. The molecular formula is C12H6FN5. The van der Waals surface area contributed by atoms with Crippen LogP contribution >= 0.6 is 0 Å². The standard InChI is InChI=1S/C12H6FN5/c13-10-2-1-9(5-8(10)6-14)18-12-11(7-15)16-3-4-17-12/h1-5H,(H,17,18). The monoisotopic (exact) mass is 239 g/mol. The Morgan fingerprint density at radius 1 is 1.11 bits per heavy atom. The number of rotatable bonds is 2. The van der Waals surface area contributed by atoms with Gasteiger partial charge in [0.15, 0.2) is 11.5 Å². The van der Waals surface area contributed by atoms with E-state index in [4.69, 9.17) is 10.5 Å². The topological polar surface area (TPSA) is 85.4 Å². The van der Waals surface area contributed by atoms with Crippen molar-refractivity contribution in [2.75, 3.05) is 5.32 Å². The number of nitriles is 2. The molecular weight excluding hydrogens is 233 g/mol. The second-order valence-corrected chi connectivity index (χ2v) is 3.30. The van der Waals surface area contributed by atoms with E-state index in [1.165, 1.54) is 30.6 Å². The summed E-state index contributed by atoms with van der Waals surface area (Å²) in [5, 5.41) is 20.4. The van der Waals surface area contributed by atoms with Gasteiger partial charge in [-0.3, -0.25) is 0 Å². The van der Waals surface area contributed by atoms with E-state index in [2.05, 4.69) is 15.3 Å². The Kier molecular flexibility index (Phi) is 3.13. The number of hydrogen-bond donors (Lipinski definition) is 1. The van der Waals surface area contributed by atoms with Crippen LogP contribution in [0.3, 0.4) is 0 Å². The molecule has 1 N–H and O–H groups in total. The Bertz CT molecular complexity index is 669. The lowest BCUT2D eigenvalue weighted by atomic mass is 10.2. The SMILES string of the molecule is N#Cc1cc(Nc2nccnc2C#N)ccc1F. The molecule has 1 heterocycles. The van der Waals surface area contributed by atoms with Crippen LogP contribution in [0.4, 0.5) is 15.9 Å². The molecule has 86 valence electrons. The van der Waals surface area contributed by atoms with Gasteiger partial charge in [-0.25, -0.2) is 14.4 Å². The van der Waals surface area contributed by atoms with Crippen molar-refractivity contribution < 1.29 is 4.39 Å². The van der Waals surface area contributed by atoms with Crippen LogP contribution in [0.25, 0.3) is 0 Å². The molecule has 1 aromatic heterocycles. The quantitative estimate of drug-likeness (QED) is 0.867. The average molecular weight is 239 g/mol. The van der Waals surface area contributed by atoms with E-state index in [-0.39, 0.29) is 17.1 Å². The molecule has 0 unspecified atom stereocenters. The fourth-order valence-electron chi connectivity index (χ4n) is 1.34. The molecule has 0 aliphatic carbocycles. The zero-order valence-electron chi connectivity index (χ0n) is 9.05. The molecule has 0 bridgehead atoms. The van der Waals surface area contributed by atoms with Gasteiger partial charge in [0.1, 0.15) is 18.0 Å². The summed E-state index contributed by atoms with van der Waals surface area (Å²) in [7, 11) is 0. The third-order valence-electron chi connectivity index (χ3n) is 2.15. The van der Waals surface area contributed by atoms with Gasteiger partial charge in [0.25, 0.3) is 0 Å². The minimum Gasteiger partial charge on any atom is -0.338 e. The first-order chi connectivity index (χ1) is 8.74. The van der Waals surface area contributed by atoms with Gasteiger partial charge in [0.2, 0.25) is 0 Å². The number of hydrogen-bond acceptors (Lipinski definition) is 5. The van der Waals surface area contributed by atoms with Gasteiger partial charge in [0, 0.05) is 18.1 Å². The highest BCUT2D eigenvalue weighted by atomic mass is 19.1. The number of benzene rings is 1. The number of nitrogens with one attached hydrogen (secondary N) is 1. The van der Waals surface area contributed by atoms with Gasteiger partial charge in [-0.15, -0.1) is 0 Å². The molecule has 0 atom stereocenters. The molecule has 0 saturated heterocycles. The fourth-order valence-corrected chi connectivity index (χ4v) is 1.34. The second-order valence-electron chi connectivity index (χ2n) is 3.30. The highest BCUT2D eigenvalue weighted by Gasteiger charge is 2.07. The minimum atomic E-state index is -0.595. The van der Waals surface area contributed by atoms with Crippen molar-refractivity contribution in [3.63, 3.8) is 0 Å². The van der Waals surface area contributed by atoms with Crippen molar-refractivity contribution in [2.45, 2.75) is 0 Å². The summed E-state index contributed by atoms with van der Waals surface area (Å²) in [6, 6.07) is 7.57. The Morgan fingerprint density at radius 3 is 2.61 bits per heavy atom. The van der Waals surface area contributed by atoms with Crippen LogP contribution in [0.5, 0.6) is 0 Å². The van der Waals surface area contributed by atoms with E-state index < -0.39 is 5.82 Å². The number of halogens is 1. The average Bonchev–Trinajstić information content (AvgIpc) is 2.41. The van der Waals surface area contributed by atoms with E-state index in [1.807, 2.05) is 6.07 Å². The van der Waals surface area contributed by atoms with Gasteiger partial charge in [-0.2, -0.15) is 10.5 Å². The van der Waals surface area contributed by atoms with Crippen LogP contribution in [0, 0.1) is 28.5 Å². The maximum atomic E-state index is 13.1. The van der Waals surface area contributed by atoms with Crippen LogP contribution in [0.2, 0.25) is 0 Å². The molecule has 2 rings (SSSR count). The van der Waals surface area contributed by atoms with Gasteiger partial charge < -0.3 is 5.32 Å². The summed E-state index contributed by atoms with van der Waals surface area (Å²) < 4.78 is 13.1. The third-order valence-corrected chi connectivity index (χ3v) is 2.15. The van der Waals surface area contributed by atoms with Gasteiger partial charge >= 0.3 is 0 Å². The lowest BCUT2D eigenvalue weighted by molar-refractivity contribution is 0.624. The van der Waals surface area contributed by atoms with Crippen LogP contribution in [0.1, 0.15) is 11.3 Å². The molecule has 18 heavy (non-hydrogen) atoms. The van der Waals surface area contributed by atoms with Crippen LogP contribution in [-0.4, -0.2) is 9.97 Å². The number of anilines is 2. The summed E-state index contributed by atoms with van der Waals surface area (Å²) >= 11 is 0. The van der Waals surface area contributed by atoms with E-state index >= 15 is 0 Å². The number of nitrogens with zero attached hydrogens (tertiary/aromatic N) is 4. The molecule has 0 spiro atoms. The van der Waals surface area contributed by atoms with Crippen molar-refractivity contribution in [1.29, 1.82) is 10.5 Å². The summed E-state index contributed by atoms with van der Waals surface area (Å²) in [5.41, 5.74) is 0.507. The van der Waals surface area contributed by atoms with E-state index in [0.29, 0.717) is 5.69 Å². The molecule has 0 fully saturated rings. The second kappa shape index (κ2) is 4.89. The summed E-state index contributed by atoms with van der Waals surface area (Å²) in [6.45, 7) is 0. The van der Waals surface area contributed by atoms with Crippen LogP contribution in [0.15, 0.2) is 30.6 Å². The first-order valence-corrected chi connectivity index (χ1v) is 4.92. The van der Waals surface area contributed by atoms with Crippen molar-refractivity contribution in [3.05, 3.63) is 47.7 Å². The maximum absolute atomic E-state index is 13.1. The van der Waals surface area contributed by atoms with Gasteiger partial charge in [-0.05, 0) is 18.2 Å². The van der Waals surface area contributed by atoms with Crippen molar-refractivity contribution in [1.82, 2.24) is 9.97 Å². The molecule has 2 aromatic rings. The molecule has 5 nitrogen and oxygen atoms in total. The summed E-state index contributed by atoms with van der Waals surface area (Å²) in [4.78, 5) is 7.78. The smallest absolute Gasteiger partial charge is 0.183 e. The molecule has 0 radical (unpaired) electrons. The minimum absolute atomic E-state index is 0.0811. The molecule has 0 aliphatic rings. The van der Waals surface area contributed by atoms with E-state index in [0.717, 1.165) is 0 Å². The Hall–Kier alpha value is -2.99. The predicted octanol–water partition coefficient (Wildman–Crippen LogP) is 2.10. The first kappa shape index (κ1) is 11.5. The summed E-state index contributed by atoms with van der Waals surface area (Å²) in [6.07, 6.45) is 2.83. The fraction of sp³-hybridized carbons (Fsp3) is 0. The van der Waals surface area contributed by atoms with Crippen molar-refractivity contribution >= 4 is 11.5 Å².